The zero-order valence-electron chi connectivity index (χ0n) is 14.8. The van der Waals surface area contributed by atoms with Gasteiger partial charge in [-0.05, 0) is 66.9 Å². The molecule has 4 rings (SSSR count). The van der Waals surface area contributed by atoms with Gasteiger partial charge in [0.2, 0.25) is 0 Å². The van der Waals surface area contributed by atoms with E-state index in [0.29, 0.717) is 11.0 Å². The number of hydrogen-bond acceptors (Lipinski definition) is 3. The normalized spacial score (nSPS) is 17.3. The molecule has 1 heterocycles. The van der Waals surface area contributed by atoms with Crippen molar-refractivity contribution in [2.75, 3.05) is 25.0 Å². The highest BCUT2D eigenvalue weighted by atomic mass is 35.5. The molecular formula is C21H24ClN3. The molecule has 2 aromatic carbocycles. The molecule has 0 bridgehead atoms. The number of fused-ring (bicyclic) bond motifs is 2. The van der Waals surface area contributed by atoms with Gasteiger partial charge in [0, 0.05) is 36.9 Å². The van der Waals surface area contributed by atoms with Crippen LogP contribution in [-0.2, 0) is 12.0 Å². The summed E-state index contributed by atoms with van der Waals surface area (Å²) in [4.78, 5) is 4.77. The second-order valence-electron chi connectivity index (χ2n) is 7.14. The van der Waals surface area contributed by atoms with Crippen molar-refractivity contribution in [2.24, 2.45) is 0 Å². The first-order valence-electron chi connectivity index (χ1n) is 8.75. The highest BCUT2D eigenvalue weighted by Gasteiger charge is 2.48. The number of rotatable bonds is 3. The van der Waals surface area contributed by atoms with E-state index in [-0.39, 0.29) is 12.4 Å². The molecule has 130 valence electrons. The quantitative estimate of drug-likeness (QED) is 0.806. The maximum absolute atomic E-state index is 8.95. The van der Waals surface area contributed by atoms with Crippen LogP contribution in [0.1, 0.15) is 36.5 Å². The van der Waals surface area contributed by atoms with Crippen molar-refractivity contribution >= 4 is 23.8 Å². The number of halogens is 1. The number of nitriles is 1. The molecule has 0 saturated heterocycles. The van der Waals surface area contributed by atoms with Crippen LogP contribution in [0, 0.1) is 11.3 Å². The van der Waals surface area contributed by atoms with E-state index in [9.17, 15) is 0 Å². The van der Waals surface area contributed by atoms with Crippen LogP contribution in [0.5, 0.6) is 0 Å². The fraction of sp³-hybridized carbons (Fsp3) is 0.381. The van der Waals surface area contributed by atoms with Crippen LogP contribution in [0.25, 0.3) is 0 Å². The third-order valence-electron chi connectivity index (χ3n) is 5.65. The van der Waals surface area contributed by atoms with Crippen LogP contribution in [0.3, 0.4) is 0 Å². The standard InChI is InChI=1S/C21H23N3.ClH/c1-3-24-14-17-12-19(8-9-20(17)21(15-24)10-11-21)23(2)18-6-4-16(13-22)5-7-18;/h4-9,12H,3,10-11,14-15H2,1-2H3;1H. The van der Waals surface area contributed by atoms with Gasteiger partial charge in [-0.3, -0.25) is 4.90 Å². The van der Waals surface area contributed by atoms with Crippen LogP contribution < -0.4 is 4.90 Å². The Morgan fingerprint density at radius 1 is 1.12 bits per heavy atom. The lowest BCUT2D eigenvalue weighted by atomic mass is 9.86. The van der Waals surface area contributed by atoms with Gasteiger partial charge >= 0.3 is 0 Å². The largest absolute Gasteiger partial charge is 0.345 e. The van der Waals surface area contributed by atoms with E-state index in [1.54, 1.807) is 5.56 Å². The highest BCUT2D eigenvalue weighted by molar-refractivity contribution is 5.85. The minimum absolute atomic E-state index is 0. The maximum atomic E-state index is 8.95. The Balaban J connectivity index is 0.00000182. The van der Waals surface area contributed by atoms with Gasteiger partial charge in [-0.2, -0.15) is 5.26 Å². The Labute approximate surface area is 156 Å². The van der Waals surface area contributed by atoms with E-state index in [1.165, 1.54) is 30.6 Å². The number of hydrogen-bond donors (Lipinski definition) is 0. The fourth-order valence-corrected chi connectivity index (χ4v) is 3.96. The van der Waals surface area contributed by atoms with Crippen LogP contribution in [0.15, 0.2) is 42.5 Å². The lowest BCUT2D eigenvalue weighted by Gasteiger charge is -2.35. The summed E-state index contributed by atoms with van der Waals surface area (Å²) in [6.45, 7) is 5.66. The average molecular weight is 354 g/mol. The van der Waals surface area contributed by atoms with Gasteiger partial charge in [-0.1, -0.05) is 13.0 Å². The molecule has 0 unspecified atom stereocenters. The molecule has 3 nitrogen and oxygen atoms in total. The van der Waals surface area contributed by atoms with E-state index < -0.39 is 0 Å². The predicted octanol–water partition coefficient (Wildman–Crippen LogP) is 4.62. The molecule has 0 aromatic heterocycles. The van der Waals surface area contributed by atoms with Crippen molar-refractivity contribution in [3.63, 3.8) is 0 Å². The number of nitrogens with zero attached hydrogens (tertiary/aromatic N) is 3. The summed E-state index contributed by atoms with van der Waals surface area (Å²) >= 11 is 0. The van der Waals surface area contributed by atoms with Gasteiger partial charge in [0.15, 0.2) is 0 Å². The maximum Gasteiger partial charge on any atom is 0.0991 e. The molecule has 2 aliphatic rings. The van der Waals surface area contributed by atoms with E-state index in [1.807, 2.05) is 24.3 Å². The third kappa shape index (κ3) is 3.13. The second-order valence-corrected chi connectivity index (χ2v) is 7.14. The second kappa shape index (κ2) is 6.71. The lowest BCUT2D eigenvalue weighted by Crippen LogP contribution is -2.37. The molecule has 1 aliphatic carbocycles. The third-order valence-corrected chi connectivity index (χ3v) is 5.65. The monoisotopic (exact) mass is 353 g/mol. The van der Waals surface area contributed by atoms with Gasteiger partial charge in [-0.15, -0.1) is 12.4 Å². The van der Waals surface area contributed by atoms with Crippen molar-refractivity contribution in [2.45, 2.75) is 31.7 Å². The van der Waals surface area contributed by atoms with Crippen molar-refractivity contribution in [1.29, 1.82) is 5.26 Å². The summed E-state index contributed by atoms with van der Waals surface area (Å²) < 4.78 is 0. The molecule has 25 heavy (non-hydrogen) atoms. The topological polar surface area (TPSA) is 30.3 Å². The Hall–Kier alpha value is -2.02. The van der Waals surface area contributed by atoms with E-state index in [2.05, 4.69) is 48.0 Å². The predicted molar refractivity (Wildman–Crippen MR) is 105 cm³/mol. The van der Waals surface area contributed by atoms with Gasteiger partial charge in [0.25, 0.3) is 0 Å². The number of likely N-dealkylation sites (N-methyl/N-ethyl adjacent to an activating group) is 1. The van der Waals surface area contributed by atoms with Gasteiger partial charge in [0.1, 0.15) is 0 Å². The summed E-state index contributed by atoms with van der Waals surface area (Å²) in [6.07, 6.45) is 2.67. The Morgan fingerprint density at radius 2 is 1.80 bits per heavy atom. The molecule has 1 saturated carbocycles. The van der Waals surface area contributed by atoms with Crippen LogP contribution in [0.4, 0.5) is 11.4 Å². The summed E-state index contributed by atoms with van der Waals surface area (Å²) in [6, 6.07) is 16.9. The average Bonchev–Trinajstić information content (AvgIpc) is 3.40. The van der Waals surface area contributed by atoms with Crippen molar-refractivity contribution in [3.8, 4) is 6.07 Å². The van der Waals surface area contributed by atoms with Crippen molar-refractivity contribution < 1.29 is 0 Å². The first-order chi connectivity index (χ1) is 11.6. The van der Waals surface area contributed by atoms with Crippen molar-refractivity contribution in [3.05, 3.63) is 59.2 Å². The SMILES string of the molecule is CCN1Cc2cc(N(C)c3ccc(C#N)cc3)ccc2C2(CC2)C1.Cl. The lowest BCUT2D eigenvalue weighted by molar-refractivity contribution is 0.233. The molecule has 0 radical (unpaired) electrons. The molecule has 0 N–H and O–H groups in total. The molecule has 0 atom stereocenters. The summed E-state index contributed by atoms with van der Waals surface area (Å²) in [5.74, 6) is 0. The Morgan fingerprint density at radius 3 is 2.40 bits per heavy atom. The summed E-state index contributed by atoms with van der Waals surface area (Å²) in [7, 11) is 2.09. The van der Waals surface area contributed by atoms with Gasteiger partial charge in [-0.25, -0.2) is 0 Å². The van der Waals surface area contributed by atoms with E-state index in [4.69, 9.17) is 5.26 Å². The van der Waals surface area contributed by atoms with E-state index >= 15 is 0 Å². The molecule has 1 fully saturated rings. The molecule has 1 spiro atoms. The molecule has 1 aliphatic heterocycles. The van der Waals surface area contributed by atoms with Gasteiger partial charge < -0.3 is 4.90 Å². The smallest absolute Gasteiger partial charge is 0.0991 e. The number of anilines is 2. The minimum Gasteiger partial charge on any atom is -0.345 e. The zero-order valence-corrected chi connectivity index (χ0v) is 15.6. The summed E-state index contributed by atoms with van der Waals surface area (Å²) in [5, 5.41) is 8.95. The molecule has 2 aromatic rings. The fourth-order valence-electron chi connectivity index (χ4n) is 3.96. The van der Waals surface area contributed by atoms with Crippen molar-refractivity contribution in [1.82, 2.24) is 4.90 Å². The highest BCUT2D eigenvalue weighted by Crippen LogP contribution is 2.52. The minimum atomic E-state index is 0. The molecular weight excluding hydrogens is 330 g/mol. The zero-order chi connectivity index (χ0) is 16.7. The molecule has 0 amide bonds. The Kier molecular flexibility index (Phi) is 4.77. The summed E-state index contributed by atoms with van der Waals surface area (Å²) in [5.41, 5.74) is 6.52. The van der Waals surface area contributed by atoms with E-state index in [0.717, 1.165) is 18.8 Å². The number of benzene rings is 2. The van der Waals surface area contributed by atoms with Gasteiger partial charge in [0.05, 0.1) is 11.6 Å². The first kappa shape index (κ1) is 17.8. The van der Waals surface area contributed by atoms with Crippen LogP contribution in [-0.4, -0.2) is 25.0 Å². The van der Waals surface area contributed by atoms with Crippen LogP contribution >= 0.6 is 12.4 Å². The molecule has 4 heteroatoms. The first-order valence-corrected chi connectivity index (χ1v) is 8.75. The van der Waals surface area contributed by atoms with Crippen LogP contribution in [0.2, 0.25) is 0 Å². The Bertz CT molecular complexity index is 803.